The SMILES string of the molecule is COC(=O)C1=C(N)N2C(=O)[C@@H](C)SC2=C(C(=O)OC)[C@H]1c1ccccc1Cl. The molecule has 0 unspecified atom stereocenters. The first-order valence-electron chi connectivity index (χ1n) is 7.98. The van der Waals surface area contributed by atoms with Crippen LogP contribution < -0.4 is 5.73 Å². The number of nitrogens with zero attached hydrogens (tertiary/aromatic N) is 1. The fourth-order valence-electron chi connectivity index (χ4n) is 3.17. The Morgan fingerprint density at radius 3 is 2.33 bits per heavy atom. The first kappa shape index (κ1) is 19.3. The third-order valence-corrected chi connectivity index (χ3v) is 5.94. The van der Waals surface area contributed by atoms with Crippen molar-refractivity contribution in [1.82, 2.24) is 4.90 Å². The van der Waals surface area contributed by atoms with Gasteiger partial charge in [0.05, 0.1) is 41.6 Å². The third kappa shape index (κ3) is 2.98. The van der Waals surface area contributed by atoms with Crippen molar-refractivity contribution in [2.45, 2.75) is 18.1 Å². The highest BCUT2D eigenvalue weighted by Crippen LogP contribution is 2.50. The van der Waals surface area contributed by atoms with E-state index in [1.165, 1.54) is 30.9 Å². The van der Waals surface area contributed by atoms with E-state index in [2.05, 4.69) is 0 Å². The maximum absolute atomic E-state index is 12.7. The minimum absolute atomic E-state index is 0.0298. The summed E-state index contributed by atoms with van der Waals surface area (Å²) >= 11 is 7.54. The quantitative estimate of drug-likeness (QED) is 0.765. The van der Waals surface area contributed by atoms with Gasteiger partial charge in [0.15, 0.2) is 0 Å². The molecule has 2 aliphatic rings. The molecule has 1 fully saturated rings. The van der Waals surface area contributed by atoms with Crippen LogP contribution in [-0.4, -0.2) is 42.2 Å². The number of fused-ring (bicyclic) bond motifs is 1. The molecule has 142 valence electrons. The average Bonchev–Trinajstić information content (AvgIpc) is 2.95. The fourth-order valence-corrected chi connectivity index (χ4v) is 4.58. The lowest BCUT2D eigenvalue weighted by Gasteiger charge is -2.33. The Bertz CT molecular complexity index is 911. The van der Waals surface area contributed by atoms with E-state index in [-0.39, 0.29) is 22.9 Å². The maximum atomic E-state index is 12.7. The molecule has 2 atom stereocenters. The lowest BCUT2D eigenvalue weighted by molar-refractivity contribution is -0.137. The molecular weight excluding hydrogens is 392 g/mol. The Labute approximate surface area is 165 Å². The molecule has 1 saturated heterocycles. The molecular formula is C18H17ClN2O5S. The lowest BCUT2D eigenvalue weighted by atomic mass is 9.82. The standard InChI is InChI=1S/C18H17ClN2O5S/c1-8-15(22)21-14(20)12(17(23)25-2)11(9-6-4-5-7-10(9)19)13(16(21)27-8)18(24)26-3/h4-8,11H,20H2,1-3H3/t8-,11+/m1/s1. The van der Waals surface area contributed by atoms with Gasteiger partial charge in [0.2, 0.25) is 5.91 Å². The van der Waals surface area contributed by atoms with Crippen molar-refractivity contribution < 1.29 is 23.9 Å². The van der Waals surface area contributed by atoms with Crippen molar-refractivity contribution in [3.8, 4) is 0 Å². The number of benzene rings is 1. The van der Waals surface area contributed by atoms with Gasteiger partial charge >= 0.3 is 11.9 Å². The maximum Gasteiger partial charge on any atom is 0.338 e. The molecule has 0 saturated carbocycles. The number of methoxy groups -OCH3 is 2. The van der Waals surface area contributed by atoms with E-state index in [1.54, 1.807) is 31.2 Å². The predicted octanol–water partition coefficient (Wildman–Crippen LogP) is 2.13. The van der Waals surface area contributed by atoms with E-state index in [1.807, 2.05) is 0 Å². The van der Waals surface area contributed by atoms with Crippen molar-refractivity contribution in [2.24, 2.45) is 5.73 Å². The molecule has 9 heteroatoms. The normalized spacial score (nSPS) is 22.1. The Balaban J connectivity index is 2.36. The van der Waals surface area contributed by atoms with Gasteiger partial charge in [-0.15, -0.1) is 0 Å². The second-order valence-electron chi connectivity index (χ2n) is 5.89. The molecule has 1 amide bonds. The number of ether oxygens (including phenoxy) is 2. The summed E-state index contributed by atoms with van der Waals surface area (Å²) in [6.07, 6.45) is 0. The summed E-state index contributed by atoms with van der Waals surface area (Å²) in [5, 5.41) is 0.214. The third-order valence-electron chi connectivity index (χ3n) is 4.41. The summed E-state index contributed by atoms with van der Waals surface area (Å²) in [4.78, 5) is 39.1. The average molecular weight is 409 g/mol. The monoisotopic (exact) mass is 408 g/mol. The molecule has 27 heavy (non-hydrogen) atoms. The van der Waals surface area contributed by atoms with Crippen molar-refractivity contribution in [3.63, 3.8) is 0 Å². The highest BCUT2D eigenvalue weighted by Gasteiger charge is 2.49. The summed E-state index contributed by atoms with van der Waals surface area (Å²) < 4.78 is 9.83. The van der Waals surface area contributed by atoms with Crippen molar-refractivity contribution in [2.75, 3.05) is 14.2 Å². The Kier molecular flexibility index (Phi) is 5.21. The summed E-state index contributed by atoms with van der Waals surface area (Å²) in [5.74, 6) is -2.75. The van der Waals surface area contributed by atoms with Crippen molar-refractivity contribution >= 4 is 41.2 Å². The first-order valence-corrected chi connectivity index (χ1v) is 9.24. The molecule has 0 aromatic heterocycles. The first-order chi connectivity index (χ1) is 12.8. The number of amides is 1. The van der Waals surface area contributed by atoms with Gasteiger partial charge < -0.3 is 15.2 Å². The number of thioether (sulfide) groups is 1. The van der Waals surface area contributed by atoms with Crippen LogP contribution in [0, 0.1) is 0 Å². The van der Waals surface area contributed by atoms with Gasteiger partial charge in [-0.3, -0.25) is 9.69 Å². The van der Waals surface area contributed by atoms with E-state index < -0.39 is 23.1 Å². The largest absolute Gasteiger partial charge is 0.466 e. The number of hydrogen-bond acceptors (Lipinski definition) is 7. The number of carbonyl (C=O) groups is 3. The van der Waals surface area contributed by atoms with Crippen LogP contribution in [0.2, 0.25) is 5.02 Å². The highest BCUT2D eigenvalue weighted by molar-refractivity contribution is 8.04. The molecule has 0 radical (unpaired) electrons. The second-order valence-corrected chi connectivity index (χ2v) is 7.63. The molecule has 1 aromatic carbocycles. The van der Waals surface area contributed by atoms with Gasteiger partial charge in [-0.2, -0.15) is 0 Å². The van der Waals surface area contributed by atoms with Crippen LogP contribution in [0.4, 0.5) is 0 Å². The number of halogens is 1. The van der Waals surface area contributed by atoms with Gasteiger partial charge in [0, 0.05) is 5.02 Å². The van der Waals surface area contributed by atoms with Crippen LogP contribution in [0.5, 0.6) is 0 Å². The van der Waals surface area contributed by atoms with Gasteiger partial charge in [-0.05, 0) is 18.6 Å². The van der Waals surface area contributed by atoms with E-state index in [9.17, 15) is 14.4 Å². The summed E-state index contributed by atoms with van der Waals surface area (Å²) in [7, 11) is 2.43. The Hall–Kier alpha value is -2.45. The Morgan fingerprint density at radius 2 is 1.74 bits per heavy atom. The van der Waals surface area contributed by atoms with Gasteiger partial charge in [-0.25, -0.2) is 9.59 Å². The van der Waals surface area contributed by atoms with E-state index in [0.717, 1.165) is 0 Å². The molecule has 0 spiro atoms. The molecule has 2 aliphatic heterocycles. The van der Waals surface area contributed by atoms with Gasteiger partial charge in [0.1, 0.15) is 5.82 Å². The zero-order valence-corrected chi connectivity index (χ0v) is 16.4. The minimum atomic E-state index is -0.921. The highest BCUT2D eigenvalue weighted by atomic mass is 35.5. The molecule has 2 heterocycles. The van der Waals surface area contributed by atoms with Gasteiger partial charge in [0.25, 0.3) is 0 Å². The van der Waals surface area contributed by atoms with Crippen LogP contribution in [-0.2, 0) is 23.9 Å². The van der Waals surface area contributed by atoms with Crippen molar-refractivity contribution in [3.05, 3.63) is 56.8 Å². The van der Waals surface area contributed by atoms with Crippen LogP contribution in [0.25, 0.3) is 0 Å². The van der Waals surface area contributed by atoms with E-state index >= 15 is 0 Å². The van der Waals surface area contributed by atoms with E-state index in [0.29, 0.717) is 15.6 Å². The topological polar surface area (TPSA) is 98.9 Å². The summed E-state index contributed by atoms with van der Waals surface area (Å²) in [6, 6.07) is 6.79. The lowest BCUT2D eigenvalue weighted by Crippen LogP contribution is -2.40. The molecule has 2 N–H and O–H groups in total. The molecule has 3 rings (SSSR count). The van der Waals surface area contributed by atoms with Crippen LogP contribution in [0.3, 0.4) is 0 Å². The minimum Gasteiger partial charge on any atom is -0.466 e. The molecule has 0 aliphatic carbocycles. The fraction of sp³-hybridized carbons (Fsp3) is 0.278. The predicted molar refractivity (Wildman–Crippen MR) is 100 cm³/mol. The number of nitrogens with two attached hydrogens (primary N) is 1. The number of esters is 2. The zero-order chi connectivity index (χ0) is 19.9. The Morgan fingerprint density at radius 1 is 1.15 bits per heavy atom. The number of rotatable bonds is 3. The number of carbonyl (C=O) groups excluding carboxylic acids is 3. The van der Waals surface area contributed by atoms with Crippen molar-refractivity contribution in [1.29, 1.82) is 0 Å². The summed E-state index contributed by atoms with van der Waals surface area (Å²) in [5.41, 5.74) is 6.80. The second kappa shape index (κ2) is 7.28. The van der Waals surface area contributed by atoms with E-state index in [4.69, 9.17) is 26.8 Å². The van der Waals surface area contributed by atoms with Crippen LogP contribution >= 0.6 is 23.4 Å². The van der Waals surface area contributed by atoms with Crippen LogP contribution in [0.1, 0.15) is 18.4 Å². The molecule has 1 aromatic rings. The molecule has 7 nitrogen and oxygen atoms in total. The number of hydrogen-bond donors (Lipinski definition) is 1. The molecule has 0 bridgehead atoms. The zero-order valence-electron chi connectivity index (χ0n) is 14.8. The van der Waals surface area contributed by atoms with Gasteiger partial charge in [-0.1, -0.05) is 41.6 Å². The smallest absolute Gasteiger partial charge is 0.338 e. The summed E-state index contributed by atoms with van der Waals surface area (Å²) in [6.45, 7) is 1.70. The van der Waals surface area contributed by atoms with Crippen LogP contribution in [0.15, 0.2) is 46.3 Å².